The van der Waals surface area contributed by atoms with Gasteiger partial charge >= 0.3 is 0 Å². The highest BCUT2D eigenvalue weighted by Gasteiger charge is 2.35. The Hall–Kier alpha value is -2.46. The number of ether oxygens (including phenoxy) is 1. The lowest BCUT2D eigenvalue weighted by molar-refractivity contribution is -0.146. The van der Waals surface area contributed by atoms with Gasteiger partial charge in [-0.2, -0.15) is 0 Å². The fraction of sp³-hybridized carbons (Fsp3) is 0.400. The molecule has 0 N–H and O–H groups in total. The molecule has 0 radical (unpaired) electrons. The summed E-state index contributed by atoms with van der Waals surface area (Å²) in [4.78, 5) is 15.0. The maximum absolute atomic E-state index is 13.1. The van der Waals surface area contributed by atoms with Crippen LogP contribution in [0.3, 0.4) is 0 Å². The molecule has 1 fully saturated rings. The summed E-state index contributed by atoms with van der Waals surface area (Å²) < 4.78 is 8.45. The highest BCUT2D eigenvalue weighted by molar-refractivity contribution is 6.30. The monoisotopic (exact) mass is 424 g/mol. The molecular weight excluding hydrogens is 396 g/mol. The largest absolute Gasteiger partial charge is 0.478 e. The molecule has 4 nitrogen and oxygen atoms in total. The van der Waals surface area contributed by atoms with Crippen LogP contribution in [0.15, 0.2) is 42.5 Å². The summed E-state index contributed by atoms with van der Waals surface area (Å²) in [6.07, 6.45) is 3.34. The molecule has 0 aliphatic carbocycles. The molecule has 3 aromatic rings. The van der Waals surface area contributed by atoms with Gasteiger partial charge in [-0.1, -0.05) is 23.7 Å². The van der Waals surface area contributed by atoms with E-state index in [0.717, 1.165) is 53.0 Å². The van der Waals surface area contributed by atoms with Crippen LogP contribution in [0.4, 0.5) is 0 Å². The number of rotatable bonds is 4. The smallest absolute Gasteiger partial charge is 0.266 e. The first-order valence-corrected chi connectivity index (χ1v) is 11.0. The van der Waals surface area contributed by atoms with Gasteiger partial charge in [-0.05, 0) is 75.9 Å². The van der Waals surface area contributed by atoms with E-state index in [2.05, 4.69) is 30.7 Å². The second kappa shape index (κ2) is 7.99. The van der Waals surface area contributed by atoms with Crippen molar-refractivity contribution in [2.24, 2.45) is 7.05 Å². The number of hydrogen-bond donors (Lipinski definition) is 0. The number of benzene rings is 2. The van der Waals surface area contributed by atoms with Crippen LogP contribution >= 0.6 is 11.6 Å². The average Bonchev–Trinajstić information content (AvgIpc) is 2.98. The second-order valence-electron chi connectivity index (χ2n) is 8.67. The quantitative estimate of drug-likeness (QED) is 0.516. The van der Waals surface area contributed by atoms with E-state index < -0.39 is 5.60 Å². The molecule has 1 saturated heterocycles. The van der Waals surface area contributed by atoms with E-state index >= 15 is 0 Å². The zero-order chi connectivity index (χ0) is 21.5. The summed E-state index contributed by atoms with van der Waals surface area (Å²) in [5.41, 5.74) is 3.67. The molecule has 0 atom stereocenters. The third kappa shape index (κ3) is 3.81. The average molecular weight is 425 g/mol. The van der Waals surface area contributed by atoms with Crippen molar-refractivity contribution >= 4 is 28.4 Å². The minimum absolute atomic E-state index is 0.0597. The molecule has 4 rings (SSSR count). The van der Waals surface area contributed by atoms with E-state index in [4.69, 9.17) is 16.3 Å². The summed E-state index contributed by atoms with van der Waals surface area (Å²) in [7, 11) is 2.07. The van der Waals surface area contributed by atoms with E-state index in [-0.39, 0.29) is 5.91 Å². The predicted molar refractivity (Wildman–Crippen MR) is 123 cm³/mol. The molecule has 0 saturated carbocycles. The Bertz CT molecular complexity index is 1080. The van der Waals surface area contributed by atoms with Gasteiger partial charge in [-0.3, -0.25) is 4.79 Å². The van der Waals surface area contributed by atoms with E-state index in [1.54, 1.807) is 0 Å². The van der Waals surface area contributed by atoms with Crippen LogP contribution in [-0.4, -0.2) is 34.1 Å². The minimum atomic E-state index is -0.907. The van der Waals surface area contributed by atoms with Crippen molar-refractivity contribution in [2.75, 3.05) is 13.1 Å². The van der Waals surface area contributed by atoms with E-state index in [1.807, 2.05) is 49.1 Å². The summed E-state index contributed by atoms with van der Waals surface area (Å²) >= 11 is 6.09. The van der Waals surface area contributed by atoms with Gasteiger partial charge in [0, 0.05) is 47.3 Å². The zero-order valence-electron chi connectivity index (χ0n) is 18.2. The molecule has 1 aliphatic heterocycles. The Morgan fingerprint density at radius 2 is 1.70 bits per heavy atom. The number of aryl methyl sites for hydroxylation is 1. The molecule has 0 spiro atoms. The number of carbonyl (C=O) groups excluding carboxylic acids is 1. The lowest BCUT2D eigenvalue weighted by Gasteiger charge is -2.34. The number of aromatic nitrogens is 1. The van der Waals surface area contributed by atoms with E-state index in [1.165, 1.54) is 12.1 Å². The topological polar surface area (TPSA) is 34.5 Å². The molecule has 1 aliphatic rings. The van der Waals surface area contributed by atoms with Crippen LogP contribution in [-0.2, 0) is 11.8 Å². The van der Waals surface area contributed by atoms with Crippen molar-refractivity contribution in [2.45, 2.75) is 45.6 Å². The summed E-state index contributed by atoms with van der Waals surface area (Å²) in [6.45, 7) is 7.50. The summed E-state index contributed by atoms with van der Waals surface area (Å²) in [5, 5.41) is 1.83. The molecule has 30 heavy (non-hydrogen) atoms. The van der Waals surface area contributed by atoms with Gasteiger partial charge in [0.2, 0.25) is 0 Å². The lowest BCUT2D eigenvalue weighted by Crippen LogP contribution is -2.50. The minimum Gasteiger partial charge on any atom is -0.478 e. The highest BCUT2D eigenvalue weighted by atomic mass is 35.5. The molecule has 1 aromatic heterocycles. The zero-order valence-corrected chi connectivity index (χ0v) is 18.9. The molecule has 2 heterocycles. The van der Waals surface area contributed by atoms with Crippen LogP contribution in [0.1, 0.15) is 38.8 Å². The van der Waals surface area contributed by atoms with E-state index in [0.29, 0.717) is 5.75 Å². The Morgan fingerprint density at radius 3 is 2.37 bits per heavy atom. The number of likely N-dealkylation sites (tertiary alicyclic amines) is 1. The van der Waals surface area contributed by atoms with Crippen LogP contribution in [0, 0.1) is 6.92 Å². The molecular formula is C25H29ClN2O2. The van der Waals surface area contributed by atoms with Crippen molar-refractivity contribution in [3.8, 4) is 16.9 Å². The number of nitrogens with zero attached hydrogens (tertiary/aromatic N) is 2. The van der Waals surface area contributed by atoms with E-state index in [9.17, 15) is 4.79 Å². The summed E-state index contributed by atoms with van der Waals surface area (Å²) in [5.74, 6) is 0.767. The number of piperidine rings is 1. The maximum atomic E-state index is 13.1. The van der Waals surface area contributed by atoms with Crippen LogP contribution in [0.5, 0.6) is 5.75 Å². The highest BCUT2D eigenvalue weighted by Crippen LogP contribution is 2.37. The van der Waals surface area contributed by atoms with Crippen molar-refractivity contribution in [3.63, 3.8) is 0 Å². The first-order valence-electron chi connectivity index (χ1n) is 10.6. The third-order valence-electron chi connectivity index (χ3n) is 6.13. The van der Waals surface area contributed by atoms with Gasteiger partial charge in [-0.15, -0.1) is 0 Å². The first-order chi connectivity index (χ1) is 14.3. The van der Waals surface area contributed by atoms with Crippen molar-refractivity contribution in [1.29, 1.82) is 0 Å². The fourth-order valence-electron chi connectivity index (χ4n) is 4.41. The van der Waals surface area contributed by atoms with Gasteiger partial charge in [-0.25, -0.2) is 0 Å². The number of halogens is 1. The Morgan fingerprint density at radius 1 is 1.03 bits per heavy atom. The first kappa shape index (κ1) is 20.8. The van der Waals surface area contributed by atoms with Crippen molar-refractivity contribution in [1.82, 2.24) is 9.47 Å². The normalized spacial score (nSPS) is 14.9. The lowest BCUT2D eigenvalue weighted by atomic mass is 10.0. The van der Waals surface area contributed by atoms with Crippen LogP contribution in [0.25, 0.3) is 22.0 Å². The number of hydrogen-bond acceptors (Lipinski definition) is 2. The fourth-order valence-corrected chi connectivity index (χ4v) is 4.54. The number of fused-ring (bicyclic) bond motifs is 1. The molecule has 0 bridgehead atoms. The Kier molecular flexibility index (Phi) is 5.54. The van der Waals surface area contributed by atoms with Gasteiger partial charge in [0.15, 0.2) is 5.60 Å². The number of carbonyl (C=O) groups is 1. The third-order valence-corrected chi connectivity index (χ3v) is 6.38. The Labute approximate surface area is 183 Å². The van der Waals surface area contributed by atoms with Gasteiger partial charge in [0.05, 0.1) is 0 Å². The molecule has 1 amide bonds. The van der Waals surface area contributed by atoms with Crippen molar-refractivity contribution < 1.29 is 9.53 Å². The van der Waals surface area contributed by atoms with Crippen LogP contribution in [0.2, 0.25) is 5.02 Å². The Balaban J connectivity index is 1.69. The maximum Gasteiger partial charge on any atom is 0.266 e. The molecule has 2 aromatic carbocycles. The summed E-state index contributed by atoms with van der Waals surface area (Å²) in [6, 6.07) is 14.0. The molecule has 0 unspecified atom stereocenters. The van der Waals surface area contributed by atoms with Crippen molar-refractivity contribution in [3.05, 3.63) is 53.2 Å². The predicted octanol–water partition coefficient (Wildman–Crippen LogP) is 5.98. The van der Waals surface area contributed by atoms with Crippen LogP contribution < -0.4 is 4.74 Å². The SMILES string of the molecule is Cc1c(-c2ccc(Cl)cc2)c2cc(OC(C)(C)C(=O)N3CCCCC3)ccc2n1C. The van der Waals surface area contributed by atoms with Gasteiger partial charge in [0.25, 0.3) is 5.91 Å². The standard InChI is InChI=1S/C25H29ClN2O2/c1-17-23(18-8-10-19(26)11-9-18)21-16-20(12-13-22(21)27(17)4)30-25(2,3)24(29)28-14-6-5-7-15-28/h8-13,16H,5-7,14-15H2,1-4H3. The molecule has 158 valence electrons. The van der Waals surface area contributed by atoms with Gasteiger partial charge in [0.1, 0.15) is 5.75 Å². The second-order valence-corrected chi connectivity index (χ2v) is 9.11. The number of amides is 1. The van der Waals surface area contributed by atoms with Gasteiger partial charge < -0.3 is 14.2 Å². The molecule has 5 heteroatoms.